The summed E-state index contributed by atoms with van der Waals surface area (Å²) in [5.41, 5.74) is 1.62. The first-order valence-electron chi connectivity index (χ1n) is 7.96. The number of nitrogens with one attached hydrogen (secondary N) is 1. The first kappa shape index (κ1) is 14.7. The van der Waals surface area contributed by atoms with Crippen molar-refractivity contribution in [1.82, 2.24) is 9.88 Å². The molecule has 0 radical (unpaired) electrons. The Kier molecular flexibility index (Phi) is 3.58. The molecule has 122 valence electrons. The van der Waals surface area contributed by atoms with E-state index in [0.29, 0.717) is 32.7 Å². The van der Waals surface area contributed by atoms with Gasteiger partial charge < -0.3 is 19.4 Å². The minimum absolute atomic E-state index is 0.0862. The predicted octanol–water partition coefficient (Wildman–Crippen LogP) is 2.21. The highest BCUT2D eigenvalue weighted by Crippen LogP contribution is 2.31. The third kappa shape index (κ3) is 2.72. The fraction of sp³-hybridized carbons (Fsp3) is 0.471. The molecule has 2 aliphatic heterocycles. The molecular formula is C17H19FN2O3. The van der Waals surface area contributed by atoms with Crippen LogP contribution in [0, 0.1) is 5.82 Å². The van der Waals surface area contributed by atoms with Crippen molar-refractivity contribution < 1.29 is 18.7 Å². The molecule has 6 heteroatoms. The molecule has 1 aromatic carbocycles. The van der Waals surface area contributed by atoms with Crippen molar-refractivity contribution in [3.63, 3.8) is 0 Å². The van der Waals surface area contributed by atoms with Gasteiger partial charge in [-0.3, -0.25) is 4.79 Å². The van der Waals surface area contributed by atoms with E-state index in [-0.39, 0.29) is 11.7 Å². The topological polar surface area (TPSA) is 54.6 Å². The second-order valence-corrected chi connectivity index (χ2v) is 6.17. The molecule has 1 amide bonds. The van der Waals surface area contributed by atoms with Gasteiger partial charge in [0, 0.05) is 43.0 Å². The molecule has 23 heavy (non-hydrogen) atoms. The van der Waals surface area contributed by atoms with Crippen LogP contribution in [0.4, 0.5) is 4.39 Å². The van der Waals surface area contributed by atoms with Gasteiger partial charge in [0.2, 0.25) is 5.91 Å². The maximum Gasteiger partial charge on any atom is 0.227 e. The van der Waals surface area contributed by atoms with Crippen molar-refractivity contribution in [3.05, 3.63) is 35.8 Å². The monoisotopic (exact) mass is 318 g/mol. The Bertz CT molecular complexity index is 727. The number of carbonyl (C=O) groups excluding carboxylic acids is 1. The molecule has 2 fully saturated rings. The Balaban J connectivity index is 1.43. The number of amides is 1. The van der Waals surface area contributed by atoms with E-state index in [1.54, 1.807) is 12.3 Å². The van der Waals surface area contributed by atoms with Crippen LogP contribution >= 0.6 is 0 Å². The van der Waals surface area contributed by atoms with Crippen molar-refractivity contribution in [2.75, 3.05) is 26.3 Å². The number of hydrogen-bond donors (Lipinski definition) is 1. The van der Waals surface area contributed by atoms with E-state index in [1.165, 1.54) is 12.1 Å². The summed E-state index contributed by atoms with van der Waals surface area (Å²) in [7, 11) is 0. The molecule has 0 bridgehead atoms. The number of fused-ring (bicyclic) bond motifs is 1. The Labute approximate surface area is 133 Å². The summed E-state index contributed by atoms with van der Waals surface area (Å²) in [5.74, 6) is -0.659. The fourth-order valence-corrected chi connectivity index (χ4v) is 3.46. The second-order valence-electron chi connectivity index (χ2n) is 6.17. The highest BCUT2D eigenvalue weighted by Gasteiger charge is 2.40. The van der Waals surface area contributed by atoms with Crippen LogP contribution < -0.4 is 0 Å². The molecule has 0 atom stereocenters. The minimum Gasteiger partial charge on any atom is -0.361 e. The van der Waals surface area contributed by atoms with Crippen LogP contribution in [0.25, 0.3) is 10.9 Å². The van der Waals surface area contributed by atoms with Gasteiger partial charge in [-0.2, -0.15) is 0 Å². The van der Waals surface area contributed by atoms with E-state index in [4.69, 9.17) is 9.47 Å². The Morgan fingerprint density at radius 2 is 2.00 bits per heavy atom. The van der Waals surface area contributed by atoms with Crippen LogP contribution in [0.2, 0.25) is 0 Å². The molecule has 1 aromatic heterocycles. The van der Waals surface area contributed by atoms with E-state index >= 15 is 0 Å². The van der Waals surface area contributed by atoms with E-state index < -0.39 is 5.79 Å². The number of hydrogen-bond acceptors (Lipinski definition) is 3. The van der Waals surface area contributed by atoms with Crippen LogP contribution in [-0.4, -0.2) is 47.9 Å². The van der Waals surface area contributed by atoms with Crippen LogP contribution in [0.5, 0.6) is 0 Å². The average molecular weight is 318 g/mol. The molecule has 2 aromatic rings. The number of H-pyrrole nitrogens is 1. The zero-order valence-electron chi connectivity index (χ0n) is 12.8. The Morgan fingerprint density at radius 1 is 1.26 bits per heavy atom. The Morgan fingerprint density at radius 3 is 2.74 bits per heavy atom. The summed E-state index contributed by atoms with van der Waals surface area (Å²) in [5, 5.41) is 0.899. The smallest absolute Gasteiger partial charge is 0.227 e. The van der Waals surface area contributed by atoms with Crippen molar-refractivity contribution in [2.45, 2.75) is 25.0 Å². The number of nitrogens with zero attached hydrogens (tertiary/aromatic N) is 1. The lowest BCUT2D eigenvalue weighted by molar-refractivity contribution is -0.187. The first-order valence-corrected chi connectivity index (χ1v) is 7.96. The molecule has 2 aliphatic rings. The molecule has 4 rings (SSSR count). The average Bonchev–Trinajstić information content (AvgIpc) is 3.16. The van der Waals surface area contributed by atoms with E-state index in [2.05, 4.69) is 4.98 Å². The fourth-order valence-electron chi connectivity index (χ4n) is 3.46. The standard InChI is InChI=1S/C17H19FN2O3/c18-13-1-2-14-12(11-19-15(14)10-13)9-16(21)20-5-3-17(4-6-20)22-7-8-23-17/h1-2,10-11,19H,3-9H2. The minimum atomic E-state index is -0.463. The zero-order chi connectivity index (χ0) is 15.9. The van der Waals surface area contributed by atoms with Gasteiger partial charge in [-0.1, -0.05) is 0 Å². The normalized spacial score (nSPS) is 20.5. The first-order chi connectivity index (χ1) is 11.2. The molecule has 0 unspecified atom stereocenters. The number of likely N-dealkylation sites (tertiary alicyclic amines) is 1. The maximum absolute atomic E-state index is 13.2. The SMILES string of the molecule is O=C(Cc1c[nH]c2cc(F)ccc12)N1CCC2(CC1)OCCO2. The summed E-state index contributed by atoms with van der Waals surface area (Å²) >= 11 is 0. The van der Waals surface area contributed by atoms with Crippen molar-refractivity contribution in [3.8, 4) is 0 Å². The lowest BCUT2D eigenvalue weighted by Gasteiger charge is -2.37. The summed E-state index contributed by atoms with van der Waals surface area (Å²) in [6.07, 6.45) is 3.55. The van der Waals surface area contributed by atoms with Gasteiger partial charge in [0.25, 0.3) is 0 Å². The van der Waals surface area contributed by atoms with E-state index in [1.807, 2.05) is 4.90 Å². The number of piperidine rings is 1. The number of ether oxygens (including phenoxy) is 2. The lowest BCUT2D eigenvalue weighted by atomic mass is 10.0. The summed E-state index contributed by atoms with van der Waals surface area (Å²) in [6.45, 7) is 2.57. The van der Waals surface area contributed by atoms with Gasteiger partial charge in [0.05, 0.1) is 19.6 Å². The van der Waals surface area contributed by atoms with Gasteiger partial charge in [-0.05, 0) is 23.8 Å². The van der Waals surface area contributed by atoms with Gasteiger partial charge in [-0.15, -0.1) is 0 Å². The third-order valence-corrected chi connectivity index (χ3v) is 4.76. The number of carbonyl (C=O) groups is 1. The van der Waals surface area contributed by atoms with Gasteiger partial charge >= 0.3 is 0 Å². The van der Waals surface area contributed by atoms with Crippen molar-refractivity contribution in [2.24, 2.45) is 0 Å². The summed E-state index contributed by atoms with van der Waals surface area (Å²) in [6, 6.07) is 4.58. The molecule has 5 nitrogen and oxygen atoms in total. The highest BCUT2D eigenvalue weighted by atomic mass is 19.1. The van der Waals surface area contributed by atoms with E-state index in [0.717, 1.165) is 29.3 Å². The number of aromatic nitrogens is 1. The summed E-state index contributed by atoms with van der Waals surface area (Å²) in [4.78, 5) is 17.4. The summed E-state index contributed by atoms with van der Waals surface area (Å²) < 4.78 is 24.6. The molecule has 2 saturated heterocycles. The zero-order valence-corrected chi connectivity index (χ0v) is 12.8. The van der Waals surface area contributed by atoms with Crippen LogP contribution in [0.3, 0.4) is 0 Å². The van der Waals surface area contributed by atoms with Gasteiger partial charge in [0.15, 0.2) is 5.79 Å². The quantitative estimate of drug-likeness (QED) is 0.924. The van der Waals surface area contributed by atoms with E-state index in [9.17, 15) is 9.18 Å². The number of halogens is 1. The second kappa shape index (κ2) is 5.62. The van der Waals surface area contributed by atoms with Crippen LogP contribution in [0.15, 0.2) is 24.4 Å². The maximum atomic E-state index is 13.2. The largest absolute Gasteiger partial charge is 0.361 e. The third-order valence-electron chi connectivity index (χ3n) is 4.76. The molecule has 0 saturated carbocycles. The number of benzene rings is 1. The predicted molar refractivity (Wildman–Crippen MR) is 82.4 cm³/mol. The molecular weight excluding hydrogens is 299 g/mol. The molecule has 1 spiro atoms. The number of aromatic amines is 1. The Hall–Kier alpha value is -1.92. The highest BCUT2D eigenvalue weighted by molar-refractivity contribution is 5.89. The van der Waals surface area contributed by atoms with Gasteiger partial charge in [0.1, 0.15) is 5.82 Å². The van der Waals surface area contributed by atoms with Crippen LogP contribution in [0.1, 0.15) is 18.4 Å². The molecule has 0 aliphatic carbocycles. The molecule has 1 N–H and O–H groups in total. The van der Waals surface area contributed by atoms with Gasteiger partial charge in [-0.25, -0.2) is 4.39 Å². The van der Waals surface area contributed by atoms with Crippen molar-refractivity contribution >= 4 is 16.8 Å². The number of rotatable bonds is 2. The van der Waals surface area contributed by atoms with Crippen LogP contribution in [-0.2, 0) is 20.7 Å². The lowest BCUT2D eigenvalue weighted by Crippen LogP contribution is -2.47. The molecule has 3 heterocycles. The van der Waals surface area contributed by atoms with Crippen molar-refractivity contribution in [1.29, 1.82) is 0 Å².